The van der Waals surface area contributed by atoms with Gasteiger partial charge in [0.2, 0.25) is 0 Å². The molecule has 1 aromatic rings. The van der Waals surface area contributed by atoms with Gasteiger partial charge in [0, 0.05) is 13.5 Å². The lowest BCUT2D eigenvalue weighted by Gasteiger charge is -2.16. The Kier molecular flexibility index (Phi) is 6.08. The van der Waals surface area contributed by atoms with Crippen molar-refractivity contribution >= 4 is 0 Å². The van der Waals surface area contributed by atoms with Crippen LogP contribution in [-0.4, -0.2) is 31.0 Å². The first-order valence-electron chi connectivity index (χ1n) is 5.55. The third-order valence-electron chi connectivity index (χ3n) is 2.35. The summed E-state index contributed by atoms with van der Waals surface area (Å²) in [5.41, 5.74) is 1.15. The largest absolute Gasteiger partial charge is 0.393 e. The van der Waals surface area contributed by atoms with Gasteiger partial charge in [-0.25, -0.2) is 0 Å². The summed E-state index contributed by atoms with van der Waals surface area (Å²) in [6.07, 6.45) is 0.208. The molecule has 1 N–H and O–H groups in total. The maximum absolute atomic E-state index is 9.23. The molecule has 0 aliphatic carbocycles. The predicted molar refractivity (Wildman–Crippen MR) is 63.2 cm³/mol. The molecule has 0 bridgehead atoms. The number of aliphatic hydroxyl groups excluding tert-OH is 1. The number of hydrogen-bond donors (Lipinski definition) is 1. The smallest absolute Gasteiger partial charge is 0.0829 e. The lowest BCUT2D eigenvalue weighted by molar-refractivity contribution is -0.0200. The monoisotopic (exact) mass is 224 g/mol. The van der Waals surface area contributed by atoms with Gasteiger partial charge in [-0.05, 0) is 12.5 Å². The van der Waals surface area contributed by atoms with Gasteiger partial charge in [0.1, 0.15) is 0 Å². The summed E-state index contributed by atoms with van der Waals surface area (Å²) < 4.78 is 10.8. The average Bonchev–Trinajstić information content (AvgIpc) is 2.28. The molecule has 0 aliphatic rings. The van der Waals surface area contributed by atoms with Crippen LogP contribution in [0.25, 0.3) is 0 Å². The normalized spacial score (nSPS) is 14.7. The molecule has 0 heterocycles. The molecule has 0 aliphatic heterocycles. The summed E-state index contributed by atoms with van der Waals surface area (Å²) in [4.78, 5) is 0. The van der Waals surface area contributed by atoms with Crippen LogP contribution in [0.1, 0.15) is 18.9 Å². The Morgan fingerprint density at radius 1 is 1.25 bits per heavy atom. The van der Waals surface area contributed by atoms with Crippen LogP contribution in [0.4, 0.5) is 0 Å². The maximum atomic E-state index is 9.23. The molecule has 0 saturated heterocycles. The van der Waals surface area contributed by atoms with Gasteiger partial charge < -0.3 is 14.6 Å². The predicted octanol–water partition coefficient (Wildman–Crippen LogP) is 1.99. The van der Waals surface area contributed by atoms with Crippen LogP contribution in [0.15, 0.2) is 30.3 Å². The highest BCUT2D eigenvalue weighted by atomic mass is 16.5. The minimum Gasteiger partial charge on any atom is -0.393 e. The van der Waals surface area contributed by atoms with E-state index in [2.05, 4.69) is 0 Å². The minimum absolute atomic E-state index is 0.0382. The Morgan fingerprint density at radius 2 is 1.94 bits per heavy atom. The van der Waals surface area contributed by atoms with Crippen molar-refractivity contribution in [3.8, 4) is 0 Å². The highest BCUT2D eigenvalue weighted by molar-refractivity contribution is 5.13. The Hall–Kier alpha value is -0.900. The van der Waals surface area contributed by atoms with Crippen LogP contribution in [0.5, 0.6) is 0 Å². The molecular formula is C13H20O3. The van der Waals surface area contributed by atoms with Gasteiger partial charge in [0.25, 0.3) is 0 Å². The molecule has 16 heavy (non-hydrogen) atoms. The standard InChI is InChI=1S/C13H20O3/c1-11(14)8-13(15-2)10-16-9-12-6-4-3-5-7-12/h3-7,11,13-14H,8-10H2,1-2H3/t11?,13-/m0/s1. The fourth-order valence-electron chi connectivity index (χ4n) is 1.50. The molecule has 0 amide bonds. The molecule has 3 heteroatoms. The van der Waals surface area contributed by atoms with Gasteiger partial charge in [-0.1, -0.05) is 30.3 Å². The summed E-state index contributed by atoms with van der Waals surface area (Å²) in [6, 6.07) is 10.0. The number of methoxy groups -OCH3 is 1. The summed E-state index contributed by atoms with van der Waals surface area (Å²) >= 11 is 0. The van der Waals surface area contributed by atoms with E-state index in [-0.39, 0.29) is 12.2 Å². The van der Waals surface area contributed by atoms with Crippen molar-refractivity contribution in [2.45, 2.75) is 32.2 Å². The SMILES string of the molecule is CO[C@H](COCc1ccccc1)CC(C)O. The van der Waals surface area contributed by atoms with E-state index in [0.717, 1.165) is 5.56 Å². The zero-order chi connectivity index (χ0) is 11.8. The van der Waals surface area contributed by atoms with Gasteiger partial charge in [0.15, 0.2) is 0 Å². The molecule has 0 spiro atoms. The second-order valence-electron chi connectivity index (χ2n) is 3.94. The van der Waals surface area contributed by atoms with Gasteiger partial charge in [-0.15, -0.1) is 0 Å². The van der Waals surface area contributed by atoms with Crippen LogP contribution in [0, 0.1) is 0 Å². The van der Waals surface area contributed by atoms with E-state index in [1.165, 1.54) is 0 Å². The molecule has 2 atom stereocenters. The Balaban J connectivity index is 2.23. The van der Waals surface area contributed by atoms with E-state index in [1.54, 1.807) is 14.0 Å². The highest BCUT2D eigenvalue weighted by Gasteiger charge is 2.10. The number of rotatable bonds is 7. The van der Waals surface area contributed by atoms with E-state index < -0.39 is 0 Å². The summed E-state index contributed by atoms with van der Waals surface area (Å²) in [5.74, 6) is 0. The Morgan fingerprint density at radius 3 is 2.50 bits per heavy atom. The molecule has 0 saturated carbocycles. The first-order chi connectivity index (χ1) is 7.72. The number of benzene rings is 1. The topological polar surface area (TPSA) is 38.7 Å². The Bertz CT molecular complexity index is 272. The van der Waals surface area contributed by atoms with Crippen molar-refractivity contribution in [3.05, 3.63) is 35.9 Å². The third-order valence-corrected chi connectivity index (χ3v) is 2.35. The third kappa shape index (κ3) is 5.26. The summed E-state index contributed by atoms with van der Waals surface area (Å²) in [6.45, 7) is 2.85. The molecular weight excluding hydrogens is 204 g/mol. The number of ether oxygens (including phenoxy) is 2. The molecule has 0 radical (unpaired) electrons. The van der Waals surface area contributed by atoms with Crippen molar-refractivity contribution in [3.63, 3.8) is 0 Å². The molecule has 1 aromatic carbocycles. The fourth-order valence-corrected chi connectivity index (χ4v) is 1.50. The van der Waals surface area contributed by atoms with Crippen LogP contribution in [0.3, 0.4) is 0 Å². The molecule has 1 unspecified atom stereocenters. The quantitative estimate of drug-likeness (QED) is 0.769. The van der Waals surface area contributed by atoms with Crippen LogP contribution in [-0.2, 0) is 16.1 Å². The molecule has 0 fully saturated rings. The van der Waals surface area contributed by atoms with E-state index in [9.17, 15) is 5.11 Å². The van der Waals surface area contributed by atoms with Crippen molar-refractivity contribution in [1.82, 2.24) is 0 Å². The van der Waals surface area contributed by atoms with Crippen LogP contribution < -0.4 is 0 Å². The maximum Gasteiger partial charge on any atom is 0.0829 e. The van der Waals surface area contributed by atoms with Gasteiger partial charge in [0.05, 0.1) is 25.4 Å². The molecule has 1 rings (SSSR count). The van der Waals surface area contributed by atoms with Crippen LogP contribution >= 0.6 is 0 Å². The van der Waals surface area contributed by atoms with Gasteiger partial charge in [-0.3, -0.25) is 0 Å². The second-order valence-corrected chi connectivity index (χ2v) is 3.94. The molecule has 3 nitrogen and oxygen atoms in total. The summed E-state index contributed by atoms with van der Waals surface area (Å²) in [5, 5.41) is 9.23. The van der Waals surface area contributed by atoms with Crippen LogP contribution in [0.2, 0.25) is 0 Å². The molecule has 90 valence electrons. The van der Waals surface area contributed by atoms with E-state index >= 15 is 0 Å². The molecule has 0 aromatic heterocycles. The number of hydrogen-bond acceptors (Lipinski definition) is 3. The second kappa shape index (κ2) is 7.39. The minimum atomic E-state index is -0.356. The highest BCUT2D eigenvalue weighted by Crippen LogP contribution is 2.05. The zero-order valence-electron chi connectivity index (χ0n) is 9.93. The van der Waals surface area contributed by atoms with Gasteiger partial charge in [-0.2, -0.15) is 0 Å². The average molecular weight is 224 g/mol. The number of aliphatic hydroxyl groups is 1. The Labute approximate surface area is 97.0 Å². The van der Waals surface area contributed by atoms with Gasteiger partial charge >= 0.3 is 0 Å². The van der Waals surface area contributed by atoms with Crippen molar-refractivity contribution in [2.75, 3.05) is 13.7 Å². The van der Waals surface area contributed by atoms with E-state index in [4.69, 9.17) is 9.47 Å². The summed E-state index contributed by atoms with van der Waals surface area (Å²) in [7, 11) is 1.64. The first kappa shape index (κ1) is 13.2. The lowest BCUT2D eigenvalue weighted by Crippen LogP contribution is -2.23. The van der Waals surface area contributed by atoms with E-state index in [1.807, 2.05) is 30.3 Å². The van der Waals surface area contributed by atoms with Crippen molar-refractivity contribution in [1.29, 1.82) is 0 Å². The fraction of sp³-hybridized carbons (Fsp3) is 0.538. The van der Waals surface area contributed by atoms with Crippen molar-refractivity contribution in [2.24, 2.45) is 0 Å². The lowest BCUT2D eigenvalue weighted by atomic mass is 10.2. The van der Waals surface area contributed by atoms with Crippen molar-refractivity contribution < 1.29 is 14.6 Å². The van der Waals surface area contributed by atoms with E-state index in [0.29, 0.717) is 19.6 Å². The zero-order valence-corrected chi connectivity index (χ0v) is 9.93. The first-order valence-corrected chi connectivity index (χ1v) is 5.55.